The predicted octanol–water partition coefficient (Wildman–Crippen LogP) is 4.52. The highest BCUT2D eigenvalue weighted by molar-refractivity contribution is 6.40. The first-order chi connectivity index (χ1) is 8.13. The first kappa shape index (κ1) is 12.4. The summed E-state index contributed by atoms with van der Waals surface area (Å²) in [5.74, 6) is 0. The lowest BCUT2D eigenvalue weighted by Gasteiger charge is -2.08. The average molecular weight is 287 g/mol. The van der Waals surface area contributed by atoms with Gasteiger partial charge in [-0.3, -0.25) is 4.79 Å². The van der Waals surface area contributed by atoms with Gasteiger partial charge in [-0.05, 0) is 24.3 Å². The number of rotatable bonds is 2. The second-order valence-electron chi connectivity index (χ2n) is 3.29. The zero-order chi connectivity index (χ0) is 12.4. The van der Waals surface area contributed by atoms with Gasteiger partial charge in [-0.15, -0.1) is 0 Å². The Morgan fingerprint density at radius 1 is 1.00 bits per heavy atom. The molecule has 2 rings (SSSR count). The quantitative estimate of drug-likeness (QED) is 0.600. The van der Waals surface area contributed by atoms with Crippen LogP contribution in [0.5, 0.6) is 0 Å². The van der Waals surface area contributed by atoms with Crippen molar-refractivity contribution in [3.05, 3.63) is 51.2 Å². The Morgan fingerprint density at radius 2 is 1.65 bits per heavy atom. The van der Waals surface area contributed by atoms with Crippen molar-refractivity contribution in [2.75, 3.05) is 0 Å². The molecular formula is C12H6Cl3NO. The van der Waals surface area contributed by atoms with E-state index in [1.54, 1.807) is 30.3 Å². The lowest BCUT2D eigenvalue weighted by atomic mass is 10.1. The van der Waals surface area contributed by atoms with Crippen LogP contribution in [0, 0.1) is 0 Å². The number of aldehydes is 1. The fraction of sp³-hybridized carbons (Fsp3) is 0. The lowest BCUT2D eigenvalue weighted by Crippen LogP contribution is -1.91. The fourth-order valence-electron chi connectivity index (χ4n) is 1.46. The van der Waals surface area contributed by atoms with Crippen molar-refractivity contribution in [3.63, 3.8) is 0 Å². The summed E-state index contributed by atoms with van der Waals surface area (Å²) in [7, 11) is 0. The molecule has 0 saturated carbocycles. The first-order valence-electron chi connectivity index (χ1n) is 4.69. The summed E-state index contributed by atoms with van der Waals surface area (Å²) in [6.07, 6.45) is 0.629. The minimum absolute atomic E-state index is 0.199. The summed E-state index contributed by atoms with van der Waals surface area (Å²) < 4.78 is 0. The van der Waals surface area contributed by atoms with Crippen LogP contribution >= 0.6 is 34.8 Å². The highest BCUT2D eigenvalue weighted by atomic mass is 35.5. The summed E-state index contributed by atoms with van der Waals surface area (Å²) in [6.45, 7) is 0. The molecule has 17 heavy (non-hydrogen) atoms. The molecule has 0 radical (unpaired) electrons. The number of aromatic nitrogens is 1. The summed E-state index contributed by atoms with van der Waals surface area (Å²) in [6, 6.07) is 8.41. The molecule has 0 aliphatic carbocycles. The maximum Gasteiger partial charge on any atom is 0.168 e. The molecule has 2 aromatic rings. The second-order valence-corrected chi connectivity index (χ2v) is 4.46. The summed E-state index contributed by atoms with van der Waals surface area (Å²) >= 11 is 18.1. The molecule has 0 amide bonds. The van der Waals surface area contributed by atoms with E-state index in [0.717, 1.165) is 0 Å². The van der Waals surface area contributed by atoms with Gasteiger partial charge in [-0.2, -0.15) is 0 Å². The maximum absolute atomic E-state index is 10.6. The molecule has 0 N–H and O–H groups in total. The molecule has 1 aromatic heterocycles. The van der Waals surface area contributed by atoms with E-state index in [1.165, 1.54) is 0 Å². The molecular weight excluding hydrogens is 280 g/mol. The number of benzene rings is 1. The summed E-state index contributed by atoms with van der Waals surface area (Å²) in [5.41, 5.74) is 1.49. The minimum Gasteiger partial charge on any atom is -0.296 e. The van der Waals surface area contributed by atoms with Crippen LogP contribution in [0.3, 0.4) is 0 Å². The zero-order valence-corrected chi connectivity index (χ0v) is 10.7. The van der Waals surface area contributed by atoms with Gasteiger partial charge < -0.3 is 0 Å². The van der Waals surface area contributed by atoms with E-state index in [0.29, 0.717) is 27.5 Å². The Hall–Kier alpha value is -1.09. The lowest BCUT2D eigenvalue weighted by molar-refractivity contribution is 0.111. The van der Waals surface area contributed by atoms with Gasteiger partial charge >= 0.3 is 0 Å². The van der Waals surface area contributed by atoms with Crippen molar-refractivity contribution in [3.8, 4) is 11.1 Å². The Morgan fingerprint density at radius 3 is 2.18 bits per heavy atom. The number of halogens is 3. The molecule has 2 nitrogen and oxygen atoms in total. The standard InChI is InChI=1S/C12H6Cl3NO/c13-9-2-1-3-10(14)11(9)8-5-4-7(6-17)16-12(8)15/h1-6H. The van der Waals surface area contributed by atoms with Crippen LogP contribution in [-0.4, -0.2) is 11.3 Å². The fourth-order valence-corrected chi connectivity index (χ4v) is 2.31. The molecule has 0 bridgehead atoms. The molecule has 0 saturated heterocycles. The topological polar surface area (TPSA) is 30.0 Å². The van der Waals surface area contributed by atoms with Gasteiger partial charge in [0.05, 0.1) is 10.0 Å². The van der Waals surface area contributed by atoms with E-state index in [-0.39, 0.29) is 10.8 Å². The van der Waals surface area contributed by atoms with E-state index in [9.17, 15) is 4.79 Å². The molecule has 1 heterocycles. The number of carbonyl (C=O) groups is 1. The van der Waals surface area contributed by atoms with Crippen LogP contribution in [0.15, 0.2) is 30.3 Å². The van der Waals surface area contributed by atoms with E-state index in [1.807, 2.05) is 0 Å². The SMILES string of the molecule is O=Cc1ccc(-c2c(Cl)cccc2Cl)c(Cl)n1. The van der Waals surface area contributed by atoms with Crippen LogP contribution in [0.1, 0.15) is 10.5 Å². The monoisotopic (exact) mass is 285 g/mol. The molecule has 5 heteroatoms. The third-order valence-corrected chi connectivity index (χ3v) is 3.14. The van der Waals surface area contributed by atoms with Crippen molar-refractivity contribution in [2.24, 2.45) is 0 Å². The smallest absolute Gasteiger partial charge is 0.168 e. The minimum atomic E-state index is 0.199. The van der Waals surface area contributed by atoms with Gasteiger partial charge in [0.15, 0.2) is 6.29 Å². The van der Waals surface area contributed by atoms with Crippen molar-refractivity contribution < 1.29 is 4.79 Å². The largest absolute Gasteiger partial charge is 0.296 e. The third-order valence-electron chi connectivity index (χ3n) is 2.22. The Bertz CT molecular complexity index is 564. The molecule has 86 valence electrons. The van der Waals surface area contributed by atoms with Gasteiger partial charge in [0.1, 0.15) is 10.8 Å². The second kappa shape index (κ2) is 5.05. The van der Waals surface area contributed by atoms with Crippen molar-refractivity contribution in [2.45, 2.75) is 0 Å². The molecule has 0 aliphatic heterocycles. The molecule has 1 aromatic carbocycles. The van der Waals surface area contributed by atoms with E-state index in [2.05, 4.69) is 4.98 Å². The molecule has 0 spiro atoms. The Balaban J connectivity index is 2.65. The Labute approximate surface area is 113 Å². The van der Waals surface area contributed by atoms with Crippen molar-refractivity contribution in [1.29, 1.82) is 0 Å². The van der Waals surface area contributed by atoms with Crippen LogP contribution in [0.25, 0.3) is 11.1 Å². The number of hydrogen-bond acceptors (Lipinski definition) is 2. The van der Waals surface area contributed by atoms with Crippen LogP contribution in [0.2, 0.25) is 15.2 Å². The maximum atomic E-state index is 10.6. The van der Waals surface area contributed by atoms with E-state index in [4.69, 9.17) is 34.8 Å². The van der Waals surface area contributed by atoms with Gasteiger partial charge in [0, 0.05) is 11.1 Å². The summed E-state index contributed by atoms with van der Waals surface area (Å²) in [5, 5.41) is 1.17. The third kappa shape index (κ3) is 2.44. The van der Waals surface area contributed by atoms with Crippen molar-refractivity contribution >= 4 is 41.1 Å². The number of pyridine rings is 1. The number of hydrogen-bond donors (Lipinski definition) is 0. The highest BCUT2D eigenvalue weighted by Gasteiger charge is 2.12. The zero-order valence-electron chi connectivity index (χ0n) is 8.45. The molecule has 0 atom stereocenters. The van der Waals surface area contributed by atoms with Gasteiger partial charge in [-0.25, -0.2) is 4.98 Å². The first-order valence-corrected chi connectivity index (χ1v) is 5.83. The number of carbonyl (C=O) groups excluding carboxylic acids is 1. The van der Waals surface area contributed by atoms with E-state index >= 15 is 0 Å². The van der Waals surface area contributed by atoms with Crippen LogP contribution < -0.4 is 0 Å². The van der Waals surface area contributed by atoms with Gasteiger partial charge in [0.25, 0.3) is 0 Å². The average Bonchev–Trinajstić information content (AvgIpc) is 2.30. The van der Waals surface area contributed by atoms with Crippen LogP contribution in [-0.2, 0) is 0 Å². The van der Waals surface area contributed by atoms with Gasteiger partial charge in [0.2, 0.25) is 0 Å². The predicted molar refractivity (Wildman–Crippen MR) is 70.1 cm³/mol. The summed E-state index contributed by atoms with van der Waals surface area (Å²) in [4.78, 5) is 14.5. The van der Waals surface area contributed by atoms with E-state index < -0.39 is 0 Å². The van der Waals surface area contributed by atoms with Crippen molar-refractivity contribution in [1.82, 2.24) is 4.98 Å². The normalized spacial score (nSPS) is 10.3. The molecule has 0 fully saturated rings. The molecule has 0 unspecified atom stereocenters. The highest BCUT2D eigenvalue weighted by Crippen LogP contribution is 2.37. The Kier molecular flexibility index (Phi) is 3.67. The van der Waals surface area contributed by atoms with Gasteiger partial charge in [-0.1, -0.05) is 40.9 Å². The number of nitrogens with zero attached hydrogens (tertiary/aromatic N) is 1. The molecule has 0 aliphatic rings. The van der Waals surface area contributed by atoms with Crippen LogP contribution in [0.4, 0.5) is 0 Å².